The maximum atomic E-state index is 4.70. The number of benzene rings is 1. The minimum Gasteiger partial charge on any atom is -0.355 e. The summed E-state index contributed by atoms with van der Waals surface area (Å²) >= 11 is 0. The summed E-state index contributed by atoms with van der Waals surface area (Å²) in [6.07, 6.45) is 3.87. The van der Waals surface area contributed by atoms with Gasteiger partial charge in [0.15, 0.2) is 5.82 Å². The molecule has 21 heavy (non-hydrogen) atoms. The minimum absolute atomic E-state index is 0.383. The molecule has 1 aliphatic rings. The third-order valence-corrected chi connectivity index (χ3v) is 3.98. The Balaban J connectivity index is 1.52. The van der Waals surface area contributed by atoms with E-state index in [2.05, 4.69) is 30.5 Å². The first kappa shape index (κ1) is 12.2. The highest BCUT2D eigenvalue weighted by molar-refractivity contribution is 5.75. The molecule has 106 valence electrons. The van der Waals surface area contributed by atoms with Crippen LogP contribution in [-0.2, 0) is 0 Å². The van der Waals surface area contributed by atoms with E-state index in [4.69, 9.17) is 4.98 Å². The molecule has 3 aromatic rings. The Morgan fingerprint density at radius 1 is 1.10 bits per heavy atom. The molecule has 1 N–H and O–H groups in total. The summed E-state index contributed by atoms with van der Waals surface area (Å²) in [5.41, 5.74) is 1.87. The topological polar surface area (TPSA) is 83.5 Å². The van der Waals surface area contributed by atoms with Crippen molar-refractivity contribution in [2.24, 2.45) is 0 Å². The van der Waals surface area contributed by atoms with E-state index < -0.39 is 0 Å². The van der Waals surface area contributed by atoms with Crippen LogP contribution in [0.4, 0.5) is 5.82 Å². The summed E-state index contributed by atoms with van der Waals surface area (Å²) in [4.78, 5) is 11.5. The Morgan fingerprint density at radius 2 is 1.90 bits per heavy atom. The van der Waals surface area contributed by atoms with Crippen LogP contribution in [0.1, 0.15) is 24.6 Å². The number of piperidine rings is 1. The first-order chi connectivity index (χ1) is 10.4. The van der Waals surface area contributed by atoms with Crippen molar-refractivity contribution in [1.82, 2.24) is 30.6 Å². The number of para-hydroxylation sites is 2. The van der Waals surface area contributed by atoms with Gasteiger partial charge in [-0.1, -0.05) is 17.3 Å². The summed E-state index contributed by atoms with van der Waals surface area (Å²) in [5, 5.41) is 14.3. The number of nitrogens with one attached hydrogen (secondary N) is 1. The highest BCUT2D eigenvalue weighted by Crippen LogP contribution is 2.27. The summed E-state index contributed by atoms with van der Waals surface area (Å²) < 4.78 is 0. The molecule has 0 atom stereocenters. The molecule has 0 saturated carbocycles. The number of anilines is 1. The zero-order valence-corrected chi connectivity index (χ0v) is 11.5. The van der Waals surface area contributed by atoms with Crippen molar-refractivity contribution in [3.63, 3.8) is 0 Å². The number of aromatic nitrogens is 6. The average Bonchev–Trinajstić information content (AvgIpc) is 3.09. The normalized spacial score (nSPS) is 16.5. The Morgan fingerprint density at radius 3 is 2.67 bits per heavy atom. The third-order valence-electron chi connectivity index (χ3n) is 3.98. The first-order valence-electron chi connectivity index (χ1n) is 7.10. The van der Waals surface area contributed by atoms with E-state index in [1.807, 2.05) is 30.5 Å². The molecule has 0 bridgehead atoms. The second-order valence-corrected chi connectivity index (χ2v) is 5.25. The molecule has 3 heterocycles. The molecular weight excluding hydrogens is 266 g/mol. The number of tetrazole rings is 1. The van der Waals surface area contributed by atoms with Gasteiger partial charge in [-0.25, -0.2) is 4.98 Å². The highest BCUT2D eigenvalue weighted by atomic mass is 15.5. The van der Waals surface area contributed by atoms with Crippen LogP contribution in [0.25, 0.3) is 11.0 Å². The molecular formula is C14H15N7. The quantitative estimate of drug-likeness (QED) is 0.767. The van der Waals surface area contributed by atoms with Crippen LogP contribution >= 0.6 is 0 Å². The third kappa shape index (κ3) is 2.31. The fourth-order valence-electron chi connectivity index (χ4n) is 2.81. The number of nitrogens with zero attached hydrogens (tertiary/aromatic N) is 6. The van der Waals surface area contributed by atoms with Gasteiger partial charge in [-0.3, -0.25) is 4.98 Å². The molecule has 1 saturated heterocycles. The van der Waals surface area contributed by atoms with E-state index in [9.17, 15) is 0 Å². The van der Waals surface area contributed by atoms with E-state index in [1.165, 1.54) is 0 Å². The number of aromatic amines is 1. The highest BCUT2D eigenvalue weighted by Gasteiger charge is 2.24. The zero-order chi connectivity index (χ0) is 14.1. The van der Waals surface area contributed by atoms with Crippen LogP contribution in [0.15, 0.2) is 30.5 Å². The fourth-order valence-corrected chi connectivity index (χ4v) is 2.81. The molecule has 0 radical (unpaired) electrons. The molecule has 7 nitrogen and oxygen atoms in total. The first-order valence-corrected chi connectivity index (χ1v) is 7.10. The average molecular weight is 281 g/mol. The van der Waals surface area contributed by atoms with E-state index in [0.717, 1.165) is 48.6 Å². The van der Waals surface area contributed by atoms with Gasteiger partial charge in [-0.05, 0) is 25.0 Å². The molecule has 1 aromatic carbocycles. The van der Waals surface area contributed by atoms with Crippen molar-refractivity contribution in [2.45, 2.75) is 18.8 Å². The summed E-state index contributed by atoms with van der Waals surface area (Å²) in [6, 6.07) is 7.95. The monoisotopic (exact) mass is 281 g/mol. The number of hydrogen-bond acceptors (Lipinski definition) is 6. The van der Waals surface area contributed by atoms with Crippen molar-refractivity contribution in [3.8, 4) is 0 Å². The van der Waals surface area contributed by atoms with E-state index >= 15 is 0 Å². The van der Waals surface area contributed by atoms with Crippen LogP contribution in [0.5, 0.6) is 0 Å². The zero-order valence-electron chi connectivity index (χ0n) is 11.5. The molecule has 2 aromatic heterocycles. The van der Waals surface area contributed by atoms with Gasteiger partial charge in [-0.2, -0.15) is 5.21 Å². The minimum atomic E-state index is 0.383. The predicted octanol–water partition coefficient (Wildman–Crippen LogP) is 1.53. The largest absolute Gasteiger partial charge is 0.355 e. The Bertz CT molecular complexity index is 732. The Labute approximate surface area is 121 Å². The summed E-state index contributed by atoms with van der Waals surface area (Å²) in [6.45, 7) is 1.87. The molecule has 0 unspecified atom stereocenters. The van der Waals surface area contributed by atoms with Gasteiger partial charge in [0, 0.05) is 19.0 Å². The van der Waals surface area contributed by atoms with Crippen molar-refractivity contribution in [2.75, 3.05) is 18.0 Å². The molecule has 7 heteroatoms. The lowest BCUT2D eigenvalue weighted by atomic mass is 9.96. The van der Waals surface area contributed by atoms with Crippen LogP contribution in [0.3, 0.4) is 0 Å². The lowest BCUT2D eigenvalue weighted by Crippen LogP contribution is -2.33. The summed E-state index contributed by atoms with van der Waals surface area (Å²) in [7, 11) is 0. The Kier molecular flexibility index (Phi) is 2.95. The van der Waals surface area contributed by atoms with Crippen molar-refractivity contribution >= 4 is 16.9 Å². The fraction of sp³-hybridized carbons (Fsp3) is 0.357. The molecule has 0 aliphatic carbocycles. The van der Waals surface area contributed by atoms with E-state index in [1.54, 1.807) is 0 Å². The molecule has 1 fully saturated rings. The summed E-state index contributed by atoms with van der Waals surface area (Å²) in [5.74, 6) is 2.15. The van der Waals surface area contributed by atoms with Gasteiger partial charge in [0.2, 0.25) is 0 Å². The number of fused-ring (bicyclic) bond motifs is 1. The van der Waals surface area contributed by atoms with Crippen molar-refractivity contribution in [3.05, 3.63) is 36.3 Å². The van der Waals surface area contributed by atoms with Gasteiger partial charge < -0.3 is 4.90 Å². The smallest absolute Gasteiger partial charge is 0.177 e. The molecule has 0 amide bonds. The predicted molar refractivity (Wildman–Crippen MR) is 77.9 cm³/mol. The standard InChI is InChI=1S/C14H15N7/c1-2-4-12-11(3-1)15-9-13(16-12)21-7-5-10(6-8-21)14-17-19-20-18-14/h1-4,9-10H,5-8H2,(H,17,18,19,20). The molecule has 4 rings (SSSR count). The molecule has 1 aliphatic heterocycles. The van der Waals surface area contributed by atoms with Crippen LogP contribution in [-0.4, -0.2) is 43.7 Å². The van der Waals surface area contributed by atoms with E-state index in [-0.39, 0.29) is 0 Å². The number of hydrogen-bond donors (Lipinski definition) is 1. The number of rotatable bonds is 2. The van der Waals surface area contributed by atoms with Crippen LogP contribution in [0, 0.1) is 0 Å². The van der Waals surface area contributed by atoms with Crippen molar-refractivity contribution in [1.29, 1.82) is 0 Å². The van der Waals surface area contributed by atoms with Gasteiger partial charge in [-0.15, -0.1) is 10.2 Å². The van der Waals surface area contributed by atoms with Crippen molar-refractivity contribution < 1.29 is 0 Å². The Hall–Kier alpha value is -2.57. The van der Waals surface area contributed by atoms with Gasteiger partial charge in [0.05, 0.1) is 17.2 Å². The molecule has 0 spiro atoms. The van der Waals surface area contributed by atoms with Gasteiger partial charge in [0.25, 0.3) is 0 Å². The van der Waals surface area contributed by atoms with Crippen LogP contribution < -0.4 is 4.90 Å². The lowest BCUT2D eigenvalue weighted by molar-refractivity contribution is 0.483. The number of H-pyrrole nitrogens is 1. The lowest BCUT2D eigenvalue weighted by Gasteiger charge is -2.31. The van der Waals surface area contributed by atoms with Crippen LogP contribution in [0.2, 0.25) is 0 Å². The maximum Gasteiger partial charge on any atom is 0.177 e. The SMILES string of the molecule is c1ccc2nc(N3CCC(c4nn[nH]n4)CC3)cnc2c1. The maximum absolute atomic E-state index is 4.70. The second-order valence-electron chi connectivity index (χ2n) is 5.25. The van der Waals surface area contributed by atoms with E-state index in [0.29, 0.717) is 5.92 Å². The van der Waals surface area contributed by atoms with Gasteiger partial charge >= 0.3 is 0 Å². The second kappa shape index (κ2) is 5.08. The van der Waals surface area contributed by atoms with Gasteiger partial charge in [0.1, 0.15) is 5.82 Å².